The van der Waals surface area contributed by atoms with E-state index in [1.54, 1.807) is 0 Å². The first-order valence-corrected chi connectivity index (χ1v) is 10.5. The third kappa shape index (κ3) is 9.86. The lowest BCUT2D eigenvalue weighted by Gasteiger charge is -2.28. The zero-order chi connectivity index (χ0) is 23.8. The first-order chi connectivity index (χ1) is 14.3. The Kier molecular flexibility index (Phi) is 10.0. The van der Waals surface area contributed by atoms with Gasteiger partial charge in [-0.15, -0.1) is 10.2 Å². The highest BCUT2D eigenvalue weighted by molar-refractivity contribution is 5.92. The van der Waals surface area contributed by atoms with Gasteiger partial charge in [-0.25, -0.2) is 0 Å². The van der Waals surface area contributed by atoms with Gasteiger partial charge < -0.3 is 20.7 Å². The number of aromatic nitrogens is 4. The SMILES string of the molecule is CC(=O)N[C@@H](COC(C)(C)C)C(=O)N[C@@H](CC(C)C)C(=O)N[C@H](c1nn[nH]n1)C(C)C. The van der Waals surface area contributed by atoms with Crippen LogP contribution < -0.4 is 16.0 Å². The lowest BCUT2D eigenvalue weighted by atomic mass is 10.00. The zero-order valence-corrected chi connectivity index (χ0v) is 19.8. The lowest BCUT2D eigenvalue weighted by molar-refractivity contribution is -0.135. The van der Waals surface area contributed by atoms with Crippen molar-refractivity contribution in [2.24, 2.45) is 11.8 Å². The van der Waals surface area contributed by atoms with E-state index in [4.69, 9.17) is 4.74 Å². The Labute approximate surface area is 183 Å². The molecule has 0 unspecified atom stereocenters. The highest BCUT2D eigenvalue weighted by atomic mass is 16.5. The molecule has 0 aromatic carbocycles. The van der Waals surface area contributed by atoms with Crippen molar-refractivity contribution in [1.29, 1.82) is 0 Å². The molecule has 11 nitrogen and oxygen atoms in total. The van der Waals surface area contributed by atoms with Crippen molar-refractivity contribution in [3.63, 3.8) is 0 Å². The maximum absolute atomic E-state index is 13.1. The Hall–Kier alpha value is -2.56. The molecule has 0 spiro atoms. The molecule has 0 aliphatic carbocycles. The second kappa shape index (κ2) is 11.7. The van der Waals surface area contributed by atoms with Crippen molar-refractivity contribution in [3.05, 3.63) is 5.82 Å². The summed E-state index contributed by atoms with van der Waals surface area (Å²) in [5, 5.41) is 22.1. The van der Waals surface area contributed by atoms with Gasteiger partial charge in [-0.05, 0) is 39.0 Å². The van der Waals surface area contributed by atoms with Gasteiger partial charge in [0.05, 0.1) is 18.2 Å². The molecule has 0 saturated heterocycles. The van der Waals surface area contributed by atoms with Crippen LogP contribution in [0.15, 0.2) is 0 Å². The highest BCUT2D eigenvalue weighted by Gasteiger charge is 2.31. The number of H-pyrrole nitrogens is 1. The normalized spacial score (nSPS) is 14.8. The lowest BCUT2D eigenvalue weighted by Crippen LogP contribution is -2.56. The summed E-state index contributed by atoms with van der Waals surface area (Å²) in [5.74, 6) is -0.690. The molecular formula is C20H37N7O4. The average Bonchev–Trinajstić information content (AvgIpc) is 3.14. The van der Waals surface area contributed by atoms with Crippen LogP contribution in [0.5, 0.6) is 0 Å². The van der Waals surface area contributed by atoms with Crippen LogP contribution >= 0.6 is 0 Å². The minimum Gasteiger partial charge on any atom is -0.373 e. The number of nitrogens with one attached hydrogen (secondary N) is 4. The number of nitrogens with zero attached hydrogens (tertiary/aromatic N) is 3. The Balaban J connectivity index is 2.96. The first-order valence-electron chi connectivity index (χ1n) is 10.5. The van der Waals surface area contributed by atoms with Crippen LogP contribution in [-0.2, 0) is 19.1 Å². The fourth-order valence-corrected chi connectivity index (χ4v) is 2.82. The third-order valence-electron chi connectivity index (χ3n) is 4.32. The van der Waals surface area contributed by atoms with E-state index in [2.05, 4.69) is 36.6 Å². The number of hydrogen-bond acceptors (Lipinski definition) is 7. The van der Waals surface area contributed by atoms with Gasteiger partial charge in [0.15, 0.2) is 5.82 Å². The predicted molar refractivity (Wildman–Crippen MR) is 115 cm³/mol. The van der Waals surface area contributed by atoms with Crippen LogP contribution in [-0.4, -0.2) is 62.6 Å². The molecule has 0 bridgehead atoms. The van der Waals surface area contributed by atoms with Crippen LogP contribution in [0.2, 0.25) is 0 Å². The van der Waals surface area contributed by atoms with E-state index in [-0.39, 0.29) is 30.3 Å². The zero-order valence-electron chi connectivity index (χ0n) is 19.8. The first kappa shape index (κ1) is 26.5. The second-order valence-corrected chi connectivity index (χ2v) is 9.37. The van der Waals surface area contributed by atoms with Crippen molar-refractivity contribution < 1.29 is 19.1 Å². The number of carbonyl (C=O) groups is 3. The Bertz CT molecular complexity index is 714. The van der Waals surface area contributed by atoms with Gasteiger partial charge in [-0.1, -0.05) is 32.9 Å². The molecule has 176 valence electrons. The number of rotatable bonds is 11. The predicted octanol–water partition coefficient (Wildman–Crippen LogP) is 0.864. The fraction of sp³-hybridized carbons (Fsp3) is 0.800. The second-order valence-electron chi connectivity index (χ2n) is 9.37. The van der Waals surface area contributed by atoms with E-state index >= 15 is 0 Å². The summed E-state index contributed by atoms with van der Waals surface area (Å²) in [6.07, 6.45) is 0.418. The third-order valence-corrected chi connectivity index (χ3v) is 4.32. The van der Waals surface area contributed by atoms with Gasteiger partial charge in [-0.2, -0.15) is 5.21 Å². The van der Waals surface area contributed by atoms with E-state index in [1.807, 2.05) is 48.5 Å². The summed E-state index contributed by atoms with van der Waals surface area (Å²) >= 11 is 0. The van der Waals surface area contributed by atoms with Crippen molar-refractivity contribution in [2.45, 2.75) is 85.5 Å². The van der Waals surface area contributed by atoms with Crippen molar-refractivity contribution in [3.8, 4) is 0 Å². The molecule has 4 N–H and O–H groups in total. The molecule has 11 heteroatoms. The molecule has 0 saturated carbocycles. The van der Waals surface area contributed by atoms with Crippen LogP contribution in [0.3, 0.4) is 0 Å². The van der Waals surface area contributed by atoms with Gasteiger partial charge in [0, 0.05) is 6.92 Å². The fourth-order valence-electron chi connectivity index (χ4n) is 2.82. The summed E-state index contributed by atoms with van der Waals surface area (Å²) in [7, 11) is 0. The maximum atomic E-state index is 13.1. The minimum atomic E-state index is -0.919. The van der Waals surface area contributed by atoms with E-state index < -0.39 is 29.6 Å². The Morgan fingerprint density at radius 3 is 2.06 bits per heavy atom. The van der Waals surface area contributed by atoms with E-state index in [9.17, 15) is 14.4 Å². The largest absolute Gasteiger partial charge is 0.373 e. The number of aromatic amines is 1. The van der Waals surface area contributed by atoms with Crippen LogP contribution in [0.1, 0.15) is 73.7 Å². The summed E-state index contributed by atoms with van der Waals surface area (Å²) in [5.41, 5.74) is -0.485. The van der Waals surface area contributed by atoms with Gasteiger partial charge in [-0.3, -0.25) is 14.4 Å². The average molecular weight is 440 g/mol. The molecule has 3 amide bonds. The molecule has 0 fully saturated rings. The Morgan fingerprint density at radius 2 is 1.61 bits per heavy atom. The topological polar surface area (TPSA) is 151 Å². The van der Waals surface area contributed by atoms with Crippen molar-refractivity contribution >= 4 is 17.7 Å². The van der Waals surface area contributed by atoms with E-state index in [0.29, 0.717) is 12.2 Å². The maximum Gasteiger partial charge on any atom is 0.245 e. The molecule has 1 aromatic rings. The number of tetrazole rings is 1. The van der Waals surface area contributed by atoms with Crippen LogP contribution in [0, 0.1) is 11.8 Å². The molecular weight excluding hydrogens is 402 g/mol. The van der Waals surface area contributed by atoms with E-state index in [0.717, 1.165) is 0 Å². The van der Waals surface area contributed by atoms with Crippen molar-refractivity contribution in [2.75, 3.05) is 6.61 Å². The Morgan fingerprint density at radius 1 is 1.00 bits per heavy atom. The van der Waals surface area contributed by atoms with Crippen LogP contribution in [0.25, 0.3) is 0 Å². The minimum absolute atomic E-state index is 0.00395. The number of hydrogen-bond donors (Lipinski definition) is 4. The van der Waals surface area contributed by atoms with E-state index in [1.165, 1.54) is 6.92 Å². The molecule has 1 rings (SSSR count). The molecule has 3 atom stereocenters. The van der Waals surface area contributed by atoms with Gasteiger partial charge in [0.2, 0.25) is 17.7 Å². The molecule has 1 aromatic heterocycles. The number of ether oxygens (including phenoxy) is 1. The summed E-state index contributed by atoms with van der Waals surface area (Å²) in [6, 6.07) is -2.18. The smallest absolute Gasteiger partial charge is 0.245 e. The van der Waals surface area contributed by atoms with Gasteiger partial charge in [0.1, 0.15) is 12.1 Å². The molecule has 0 aliphatic heterocycles. The summed E-state index contributed by atoms with van der Waals surface area (Å²) in [6.45, 7) is 14.6. The standard InChI is InChI=1S/C20H37N7O4/c1-11(2)9-14(18(29)23-16(12(3)4)17-24-26-27-25-17)22-19(30)15(21-13(5)28)10-31-20(6,7)8/h11-12,14-16H,9-10H2,1-8H3,(H,21,28)(H,22,30)(H,23,29)(H,24,25,26,27)/t14-,15-,16-/m0/s1. The van der Waals surface area contributed by atoms with Gasteiger partial charge >= 0.3 is 0 Å². The number of carbonyl (C=O) groups excluding carboxylic acids is 3. The number of amides is 3. The molecule has 31 heavy (non-hydrogen) atoms. The van der Waals surface area contributed by atoms with Gasteiger partial charge in [0.25, 0.3) is 0 Å². The summed E-state index contributed by atoms with van der Waals surface area (Å²) in [4.78, 5) is 37.6. The monoisotopic (exact) mass is 439 g/mol. The summed E-state index contributed by atoms with van der Waals surface area (Å²) < 4.78 is 5.68. The molecule has 0 aliphatic rings. The highest BCUT2D eigenvalue weighted by Crippen LogP contribution is 2.18. The van der Waals surface area contributed by atoms with Crippen molar-refractivity contribution in [1.82, 2.24) is 36.6 Å². The molecule has 1 heterocycles. The quantitative estimate of drug-likeness (QED) is 0.399. The molecule has 0 radical (unpaired) electrons. The van der Waals surface area contributed by atoms with Crippen LogP contribution in [0.4, 0.5) is 0 Å².